The highest BCUT2D eigenvalue weighted by atomic mass is 35.5. The van der Waals surface area contributed by atoms with Crippen LogP contribution in [0.2, 0.25) is 5.02 Å². The molecule has 0 aliphatic rings. The van der Waals surface area contributed by atoms with Crippen LogP contribution in [0.25, 0.3) is 27.8 Å². The van der Waals surface area contributed by atoms with Crippen LogP contribution >= 0.6 is 11.6 Å². The second-order valence-electron chi connectivity index (χ2n) is 7.82. The number of carbonyl (C=O) groups is 1. The zero-order valence-corrected chi connectivity index (χ0v) is 18.5. The Morgan fingerprint density at radius 3 is 2.73 bits per heavy atom. The van der Waals surface area contributed by atoms with Crippen molar-refractivity contribution in [2.75, 3.05) is 10.6 Å². The molecule has 0 aliphatic carbocycles. The monoisotopic (exact) mass is 463 g/mol. The molecule has 3 N–H and O–H groups in total. The summed E-state index contributed by atoms with van der Waals surface area (Å²) < 4.78 is 16.9. The Morgan fingerprint density at radius 1 is 1.18 bits per heavy atom. The van der Waals surface area contributed by atoms with Gasteiger partial charge in [-0.3, -0.25) is 14.9 Å². The third kappa shape index (κ3) is 3.76. The number of aromatic nitrogens is 5. The minimum Gasteiger partial charge on any atom is -0.379 e. The Morgan fingerprint density at radius 2 is 1.97 bits per heavy atom. The molecule has 0 saturated heterocycles. The molecule has 0 unspecified atom stereocenters. The average molecular weight is 464 g/mol. The second-order valence-corrected chi connectivity index (χ2v) is 8.20. The van der Waals surface area contributed by atoms with E-state index >= 15 is 4.39 Å². The van der Waals surface area contributed by atoms with E-state index in [9.17, 15) is 4.79 Å². The largest absolute Gasteiger partial charge is 0.379 e. The number of carbonyl (C=O) groups excluding carboxylic acids is 1. The number of anilines is 2. The Balaban J connectivity index is 1.55. The minimum atomic E-state index is -0.583. The Hall–Kier alpha value is -3.98. The average Bonchev–Trinajstić information content (AvgIpc) is 3.43. The maximum atomic E-state index is 15.2. The van der Waals surface area contributed by atoms with E-state index in [2.05, 4.69) is 30.8 Å². The van der Waals surface area contributed by atoms with Crippen LogP contribution in [-0.2, 0) is 0 Å². The zero-order chi connectivity index (χ0) is 23.1. The normalized spacial score (nSPS) is 11.4. The van der Waals surface area contributed by atoms with Gasteiger partial charge in [0.15, 0.2) is 17.3 Å². The number of nitrogens with one attached hydrogen (secondary N) is 3. The summed E-state index contributed by atoms with van der Waals surface area (Å²) in [4.78, 5) is 21.3. The number of halogens is 2. The van der Waals surface area contributed by atoms with Gasteiger partial charge in [-0.05, 0) is 26.0 Å². The number of H-pyrrole nitrogens is 1. The standard InChI is InChI=1S/C23H19ClFN7O/c1-12(2)28-22-20(25)19(24)18(14-8-27-31-21(14)22)15-10-32-11-16(29-17(32)9-26-15)30-23(33)13-6-4-3-5-7-13/h3-12,28H,1-2H3,(H,27,31)(H,30,33). The molecular formula is C23H19ClFN7O. The zero-order valence-electron chi connectivity index (χ0n) is 17.7. The molecule has 3 heterocycles. The number of amides is 1. The van der Waals surface area contributed by atoms with Gasteiger partial charge in [-0.1, -0.05) is 29.8 Å². The second kappa shape index (κ2) is 8.18. The van der Waals surface area contributed by atoms with Crippen molar-refractivity contribution in [2.24, 2.45) is 0 Å². The Kier molecular flexibility index (Phi) is 5.18. The van der Waals surface area contributed by atoms with Crippen molar-refractivity contribution < 1.29 is 9.18 Å². The van der Waals surface area contributed by atoms with Crippen molar-refractivity contribution in [1.82, 2.24) is 24.6 Å². The fourth-order valence-electron chi connectivity index (χ4n) is 3.65. The number of nitrogens with zero attached hydrogens (tertiary/aromatic N) is 4. The van der Waals surface area contributed by atoms with Gasteiger partial charge in [0.25, 0.3) is 5.91 Å². The smallest absolute Gasteiger partial charge is 0.256 e. The van der Waals surface area contributed by atoms with Crippen LogP contribution < -0.4 is 10.6 Å². The molecular weight excluding hydrogens is 445 g/mol. The summed E-state index contributed by atoms with van der Waals surface area (Å²) in [5, 5.41) is 13.4. The molecule has 5 rings (SSSR count). The third-order valence-corrected chi connectivity index (χ3v) is 5.45. The highest BCUT2D eigenvalue weighted by Gasteiger charge is 2.23. The van der Waals surface area contributed by atoms with E-state index in [4.69, 9.17) is 11.6 Å². The van der Waals surface area contributed by atoms with E-state index in [1.54, 1.807) is 47.3 Å². The fourth-order valence-corrected chi connectivity index (χ4v) is 3.95. The first-order valence-corrected chi connectivity index (χ1v) is 10.6. The number of aromatic amines is 1. The molecule has 3 aromatic heterocycles. The molecule has 8 nitrogen and oxygen atoms in total. The first-order valence-electron chi connectivity index (χ1n) is 10.2. The Labute approximate surface area is 192 Å². The molecule has 10 heteroatoms. The maximum absolute atomic E-state index is 15.2. The first-order chi connectivity index (χ1) is 15.9. The molecule has 1 amide bonds. The molecule has 33 heavy (non-hydrogen) atoms. The van der Waals surface area contributed by atoms with E-state index < -0.39 is 5.82 Å². The van der Waals surface area contributed by atoms with Gasteiger partial charge in [-0.15, -0.1) is 0 Å². The molecule has 2 aromatic carbocycles. The molecule has 0 radical (unpaired) electrons. The molecule has 0 atom stereocenters. The van der Waals surface area contributed by atoms with Crippen molar-refractivity contribution in [3.63, 3.8) is 0 Å². The minimum absolute atomic E-state index is 0.00198. The van der Waals surface area contributed by atoms with Crippen LogP contribution in [0.4, 0.5) is 15.9 Å². The highest BCUT2D eigenvalue weighted by molar-refractivity contribution is 6.35. The lowest BCUT2D eigenvalue weighted by Crippen LogP contribution is -2.12. The van der Waals surface area contributed by atoms with Crippen LogP contribution in [0.1, 0.15) is 24.2 Å². The molecule has 0 fully saturated rings. The SMILES string of the molecule is CC(C)Nc1c(F)c(Cl)c(-c2cn3cc(NC(=O)c4ccccc4)nc3cn2)c2cn[nH]c12. The van der Waals surface area contributed by atoms with Crippen LogP contribution in [0.3, 0.4) is 0 Å². The lowest BCUT2D eigenvalue weighted by molar-refractivity contribution is 0.102. The summed E-state index contributed by atoms with van der Waals surface area (Å²) >= 11 is 6.47. The van der Waals surface area contributed by atoms with Crippen LogP contribution in [-0.4, -0.2) is 36.5 Å². The number of rotatable bonds is 5. The number of imidazole rings is 1. The topological polar surface area (TPSA) is 100 Å². The van der Waals surface area contributed by atoms with Gasteiger partial charge < -0.3 is 15.0 Å². The summed E-state index contributed by atoms with van der Waals surface area (Å²) in [5.74, 6) is -0.490. The maximum Gasteiger partial charge on any atom is 0.256 e. The predicted molar refractivity (Wildman–Crippen MR) is 126 cm³/mol. The van der Waals surface area contributed by atoms with Gasteiger partial charge >= 0.3 is 0 Å². The summed E-state index contributed by atoms with van der Waals surface area (Å²) in [6.45, 7) is 3.82. The van der Waals surface area contributed by atoms with Gasteiger partial charge in [0.1, 0.15) is 0 Å². The van der Waals surface area contributed by atoms with Crippen molar-refractivity contribution >= 4 is 45.6 Å². The quantitative estimate of drug-likeness (QED) is 0.335. The third-order valence-electron chi connectivity index (χ3n) is 5.10. The number of benzene rings is 2. The number of hydrogen-bond acceptors (Lipinski definition) is 5. The van der Waals surface area contributed by atoms with Gasteiger partial charge in [-0.2, -0.15) is 5.10 Å². The van der Waals surface area contributed by atoms with E-state index in [1.165, 1.54) is 6.20 Å². The Bertz CT molecular complexity index is 1490. The first kappa shape index (κ1) is 20.9. The van der Waals surface area contributed by atoms with Crippen molar-refractivity contribution in [3.8, 4) is 11.3 Å². The lowest BCUT2D eigenvalue weighted by atomic mass is 10.1. The van der Waals surface area contributed by atoms with E-state index in [-0.39, 0.29) is 22.7 Å². The summed E-state index contributed by atoms with van der Waals surface area (Å²) in [5.41, 5.74) is 2.66. The lowest BCUT2D eigenvalue weighted by Gasteiger charge is -2.15. The molecule has 0 bridgehead atoms. The van der Waals surface area contributed by atoms with Gasteiger partial charge in [0, 0.05) is 28.8 Å². The summed E-state index contributed by atoms with van der Waals surface area (Å²) in [7, 11) is 0. The molecule has 166 valence electrons. The van der Waals surface area contributed by atoms with Crippen molar-refractivity contribution in [3.05, 3.63) is 71.5 Å². The van der Waals surface area contributed by atoms with E-state index in [0.717, 1.165) is 0 Å². The summed E-state index contributed by atoms with van der Waals surface area (Å²) in [6.07, 6.45) is 6.47. The molecule has 0 spiro atoms. The van der Waals surface area contributed by atoms with Crippen molar-refractivity contribution in [2.45, 2.75) is 19.9 Å². The van der Waals surface area contributed by atoms with E-state index in [0.29, 0.717) is 39.2 Å². The number of hydrogen-bond donors (Lipinski definition) is 3. The molecule has 0 saturated carbocycles. The van der Waals surface area contributed by atoms with Crippen LogP contribution in [0.5, 0.6) is 0 Å². The van der Waals surface area contributed by atoms with Gasteiger partial charge in [0.05, 0.1) is 40.5 Å². The summed E-state index contributed by atoms with van der Waals surface area (Å²) in [6, 6.07) is 8.85. The van der Waals surface area contributed by atoms with Crippen molar-refractivity contribution in [1.29, 1.82) is 0 Å². The molecule has 0 aliphatic heterocycles. The number of fused-ring (bicyclic) bond motifs is 2. The molecule has 5 aromatic rings. The predicted octanol–water partition coefficient (Wildman–Crippen LogP) is 5.14. The highest BCUT2D eigenvalue weighted by Crippen LogP contribution is 2.40. The van der Waals surface area contributed by atoms with Crippen LogP contribution in [0, 0.1) is 5.82 Å². The van der Waals surface area contributed by atoms with Gasteiger partial charge in [-0.25, -0.2) is 9.37 Å². The van der Waals surface area contributed by atoms with Gasteiger partial charge in [0.2, 0.25) is 0 Å². The fraction of sp³-hybridized carbons (Fsp3) is 0.130. The van der Waals surface area contributed by atoms with Crippen LogP contribution in [0.15, 0.2) is 55.1 Å². The van der Waals surface area contributed by atoms with E-state index in [1.807, 2.05) is 19.9 Å².